The maximum absolute atomic E-state index is 6.02. The number of anilines is 1. The average molecular weight is 601 g/mol. The van der Waals surface area contributed by atoms with Gasteiger partial charge in [0.1, 0.15) is 0 Å². The predicted octanol–water partition coefficient (Wildman–Crippen LogP) is 8.34. The van der Waals surface area contributed by atoms with E-state index in [0.717, 1.165) is 35.8 Å². The molecule has 34 heavy (non-hydrogen) atoms. The molecule has 0 aliphatic carbocycles. The van der Waals surface area contributed by atoms with Gasteiger partial charge in [-0.1, -0.05) is 80.1 Å². The molecule has 1 heterocycles. The Balaban J connectivity index is 1.52. The van der Waals surface area contributed by atoms with Crippen molar-refractivity contribution in [2.24, 2.45) is 0 Å². The fourth-order valence-electron chi connectivity index (χ4n) is 4.78. The quantitative estimate of drug-likeness (QED) is 0.196. The van der Waals surface area contributed by atoms with Crippen molar-refractivity contribution in [2.75, 3.05) is 11.1 Å². The van der Waals surface area contributed by atoms with Gasteiger partial charge in [0, 0.05) is 21.1 Å². The van der Waals surface area contributed by atoms with E-state index < -0.39 is 0 Å². The first-order valence-corrected chi connectivity index (χ1v) is 14.7. The predicted molar refractivity (Wildman–Crippen MR) is 161 cm³/mol. The van der Waals surface area contributed by atoms with E-state index in [0.29, 0.717) is 17.3 Å². The van der Waals surface area contributed by atoms with E-state index in [1.54, 1.807) is 0 Å². The second kappa shape index (κ2) is 12.9. The summed E-state index contributed by atoms with van der Waals surface area (Å²) in [5.41, 5.74) is 3.93. The Morgan fingerprint density at radius 2 is 1.79 bits per heavy atom. The molecule has 3 aromatic carbocycles. The third-order valence-corrected chi connectivity index (χ3v) is 8.86. The van der Waals surface area contributed by atoms with Gasteiger partial charge in [-0.2, -0.15) is 0 Å². The molecule has 0 spiro atoms. The summed E-state index contributed by atoms with van der Waals surface area (Å²) >= 11 is 10.5. The Labute approximate surface area is 228 Å². The van der Waals surface area contributed by atoms with Crippen LogP contribution in [-0.4, -0.2) is 27.2 Å². The first-order valence-electron chi connectivity index (χ1n) is 12.2. The number of nitrogens with one attached hydrogen (secondary N) is 1. The highest BCUT2D eigenvalue weighted by atomic mass is 127. The van der Waals surface area contributed by atoms with Gasteiger partial charge >= 0.3 is 0 Å². The molecule has 0 aromatic heterocycles. The third kappa shape index (κ3) is 6.98. The second-order valence-electron chi connectivity index (χ2n) is 8.95. The van der Waals surface area contributed by atoms with Crippen molar-refractivity contribution in [3.63, 3.8) is 0 Å². The van der Waals surface area contributed by atoms with Crippen LogP contribution >= 0.6 is 46.6 Å². The van der Waals surface area contributed by atoms with Crippen LogP contribution in [-0.2, 0) is 6.42 Å². The zero-order valence-corrected chi connectivity index (χ0v) is 23.5. The molecule has 4 rings (SSSR count). The Bertz CT molecular complexity index is 1040. The Morgan fingerprint density at radius 3 is 2.50 bits per heavy atom. The lowest BCUT2D eigenvalue weighted by atomic mass is 9.89. The van der Waals surface area contributed by atoms with Crippen molar-refractivity contribution in [1.29, 1.82) is 0 Å². The Morgan fingerprint density at radius 1 is 1.06 bits per heavy atom. The van der Waals surface area contributed by atoms with Crippen molar-refractivity contribution < 1.29 is 0 Å². The van der Waals surface area contributed by atoms with Crippen LogP contribution in [0.15, 0.2) is 84.9 Å². The number of aryl methyl sites for hydroxylation is 1. The number of halogens is 1. The van der Waals surface area contributed by atoms with Gasteiger partial charge in [0.05, 0.1) is 5.37 Å². The van der Waals surface area contributed by atoms with Crippen molar-refractivity contribution in [2.45, 2.75) is 56.4 Å². The van der Waals surface area contributed by atoms with Crippen LogP contribution in [0, 0.1) is 3.57 Å². The van der Waals surface area contributed by atoms with Crippen LogP contribution < -0.4 is 5.32 Å². The molecule has 5 heteroatoms. The van der Waals surface area contributed by atoms with E-state index in [2.05, 4.69) is 136 Å². The summed E-state index contributed by atoms with van der Waals surface area (Å²) in [5.74, 6) is 1.65. The molecule has 0 bridgehead atoms. The summed E-state index contributed by atoms with van der Waals surface area (Å²) in [5, 5.41) is 4.81. The number of benzene rings is 3. The van der Waals surface area contributed by atoms with Crippen LogP contribution in [0.1, 0.15) is 49.7 Å². The van der Waals surface area contributed by atoms with Gasteiger partial charge in [0.25, 0.3) is 0 Å². The molecule has 178 valence electrons. The highest BCUT2D eigenvalue weighted by molar-refractivity contribution is 14.1. The maximum atomic E-state index is 6.02. The normalized spacial score (nSPS) is 18.6. The highest BCUT2D eigenvalue weighted by Crippen LogP contribution is 2.39. The van der Waals surface area contributed by atoms with E-state index in [-0.39, 0.29) is 0 Å². The van der Waals surface area contributed by atoms with Crippen LogP contribution in [0.4, 0.5) is 5.69 Å². The van der Waals surface area contributed by atoms with Crippen LogP contribution in [0.2, 0.25) is 0 Å². The van der Waals surface area contributed by atoms with Crippen molar-refractivity contribution >= 4 is 57.4 Å². The van der Waals surface area contributed by atoms with E-state index in [4.69, 9.17) is 12.2 Å². The average Bonchev–Trinajstić information content (AvgIpc) is 3.25. The molecule has 3 atom stereocenters. The molecule has 3 aromatic rings. The zero-order chi connectivity index (χ0) is 23.8. The topological polar surface area (TPSA) is 15.3 Å². The summed E-state index contributed by atoms with van der Waals surface area (Å²) in [7, 11) is 0. The fourth-order valence-corrected chi connectivity index (χ4v) is 7.36. The van der Waals surface area contributed by atoms with Crippen LogP contribution in [0.5, 0.6) is 0 Å². The molecular formula is C29H33IN2S2. The number of thiocarbonyl (C=S) groups is 1. The van der Waals surface area contributed by atoms with Gasteiger partial charge in [0.15, 0.2) is 5.11 Å². The minimum absolute atomic E-state index is 0.389. The molecule has 0 saturated carbocycles. The van der Waals surface area contributed by atoms with E-state index in [1.165, 1.54) is 27.5 Å². The lowest BCUT2D eigenvalue weighted by molar-refractivity contribution is 0.303. The number of hydrogen-bond acceptors (Lipinski definition) is 2. The standard InChI is InChI=1S/C29H33IN2S2/c1-2-10-27-21-34-28(32(27)29(33)31-26-16-9-15-25(30)20-26)19-24(23-13-7-4-8-14-23)18-17-22-11-5-3-6-12-22/h3-9,11-16,20,24,27-28H,2,10,17-19,21H2,1H3,(H,31,33). The lowest BCUT2D eigenvalue weighted by Crippen LogP contribution is -2.44. The van der Waals surface area contributed by atoms with E-state index >= 15 is 0 Å². The lowest BCUT2D eigenvalue weighted by Gasteiger charge is -2.34. The molecule has 0 radical (unpaired) electrons. The molecule has 0 amide bonds. The zero-order valence-electron chi connectivity index (χ0n) is 19.7. The number of nitrogens with zero attached hydrogens (tertiary/aromatic N) is 1. The summed E-state index contributed by atoms with van der Waals surface area (Å²) < 4.78 is 1.22. The summed E-state index contributed by atoms with van der Waals surface area (Å²) in [6, 6.07) is 30.9. The number of rotatable bonds is 9. The molecule has 2 nitrogen and oxygen atoms in total. The van der Waals surface area contributed by atoms with E-state index in [1.807, 2.05) is 0 Å². The van der Waals surface area contributed by atoms with Crippen molar-refractivity contribution in [3.8, 4) is 0 Å². The molecule has 1 fully saturated rings. The summed E-state index contributed by atoms with van der Waals surface area (Å²) in [4.78, 5) is 2.52. The fraction of sp³-hybridized carbons (Fsp3) is 0.345. The molecule has 1 aliphatic rings. The first-order chi connectivity index (χ1) is 16.6. The largest absolute Gasteiger partial charge is 0.333 e. The minimum Gasteiger partial charge on any atom is -0.333 e. The van der Waals surface area contributed by atoms with Gasteiger partial charge in [-0.3, -0.25) is 0 Å². The van der Waals surface area contributed by atoms with Gasteiger partial charge in [-0.25, -0.2) is 0 Å². The van der Waals surface area contributed by atoms with Crippen LogP contribution in [0.25, 0.3) is 0 Å². The van der Waals surface area contributed by atoms with Gasteiger partial charge in [0.2, 0.25) is 0 Å². The smallest absolute Gasteiger partial charge is 0.174 e. The maximum Gasteiger partial charge on any atom is 0.174 e. The molecule has 1 N–H and O–H groups in total. The van der Waals surface area contributed by atoms with Gasteiger partial charge < -0.3 is 10.2 Å². The van der Waals surface area contributed by atoms with Crippen molar-refractivity contribution in [3.05, 3.63) is 99.6 Å². The van der Waals surface area contributed by atoms with Gasteiger partial charge in [-0.05, 0) is 95.7 Å². The minimum atomic E-state index is 0.389. The molecule has 1 aliphatic heterocycles. The number of thioether (sulfide) groups is 1. The highest BCUT2D eigenvalue weighted by Gasteiger charge is 2.36. The Kier molecular flexibility index (Phi) is 9.71. The van der Waals surface area contributed by atoms with Gasteiger partial charge in [-0.15, -0.1) is 11.8 Å². The third-order valence-electron chi connectivity index (χ3n) is 6.50. The number of hydrogen-bond donors (Lipinski definition) is 1. The van der Waals surface area contributed by atoms with Crippen molar-refractivity contribution in [1.82, 2.24) is 4.90 Å². The molecule has 3 unspecified atom stereocenters. The SMILES string of the molecule is CCCC1CSC(CC(CCc2ccccc2)c2ccccc2)N1C(=S)Nc1cccc(I)c1. The molecule has 1 saturated heterocycles. The summed E-state index contributed by atoms with van der Waals surface area (Å²) in [6.07, 6.45) is 5.71. The van der Waals surface area contributed by atoms with E-state index in [9.17, 15) is 0 Å². The Hall–Kier alpha value is -1.57. The summed E-state index contributed by atoms with van der Waals surface area (Å²) in [6.45, 7) is 2.28. The second-order valence-corrected chi connectivity index (χ2v) is 11.8. The first kappa shape index (κ1) is 25.5. The van der Waals surface area contributed by atoms with Crippen LogP contribution in [0.3, 0.4) is 0 Å². The molecular weight excluding hydrogens is 567 g/mol. The monoisotopic (exact) mass is 600 g/mol.